The number of carbonyl (C=O) groups is 1. The molecule has 0 bridgehead atoms. The second-order valence-corrected chi connectivity index (χ2v) is 3.63. The maximum atomic E-state index is 9.00. The highest BCUT2D eigenvalue weighted by atomic mass is 28.3. The van der Waals surface area contributed by atoms with E-state index in [1.807, 2.05) is 20.8 Å². The summed E-state index contributed by atoms with van der Waals surface area (Å²) in [6.07, 6.45) is 0. The first-order valence-electron chi connectivity index (χ1n) is 4.48. The van der Waals surface area contributed by atoms with E-state index in [2.05, 4.69) is 11.5 Å². The summed E-state index contributed by atoms with van der Waals surface area (Å²) in [6.45, 7) is 7.86. The number of hydrogen-bond donors (Lipinski definition) is 2. The van der Waals surface area contributed by atoms with E-state index in [-0.39, 0.29) is 0 Å². The standard InChI is InChI=1S/C6H16O3Si.CH4N2O/c1-4-7-10(8-5-2)9-6-3;2-1(3)4/h10H,4-6H2,1-3H3;(H4,2,3,4). The van der Waals surface area contributed by atoms with Crippen LogP contribution in [0.15, 0.2) is 0 Å². The molecule has 14 heavy (non-hydrogen) atoms. The molecule has 0 aromatic heterocycles. The monoisotopic (exact) mass is 224 g/mol. The number of rotatable bonds is 6. The largest absolute Gasteiger partial charge is 0.484 e. The van der Waals surface area contributed by atoms with Gasteiger partial charge < -0.3 is 24.7 Å². The predicted molar refractivity (Wildman–Crippen MR) is 55.8 cm³/mol. The Morgan fingerprint density at radius 2 is 1.21 bits per heavy atom. The lowest BCUT2D eigenvalue weighted by molar-refractivity contribution is 0.107. The van der Waals surface area contributed by atoms with Crippen LogP contribution in [0.3, 0.4) is 0 Å². The number of carbonyl (C=O) groups excluding carboxylic acids is 1. The van der Waals surface area contributed by atoms with Gasteiger partial charge in [-0.2, -0.15) is 0 Å². The molecule has 0 radical (unpaired) electrons. The van der Waals surface area contributed by atoms with Crippen LogP contribution in [0.4, 0.5) is 4.79 Å². The van der Waals surface area contributed by atoms with Gasteiger partial charge in [0, 0.05) is 19.8 Å². The molecule has 4 N–H and O–H groups in total. The summed E-state index contributed by atoms with van der Waals surface area (Å²) in [4.78, 5) is 9.00. The van der Waals surface area contributed by atoms with Crippen LogP contribution in [0.2, 0.25) is 0 Å². The van der Waals surface area contributed by atoms with Gasteiger partial charge in [0.05, 0.1) is 0 Å². The first-order valence-corrected chi connectivity index (χ1v) is 5.89. The SMILES string of the molecule is CCO[SiH](OCC)OCC.NC(N)=O. The normalized spacial score (nSPS) is 9.43. The second kappa shape index (κ2) is 12.4. The molecule has 0 aromatic carbocycles. The number of hydrogen-bond acceptors (Lipinski definition) is 4. The molecule has 0 aromatic rings. The summed E-state index contributed by atoms with van der Waals surface area (Å²) in [5.41, 5.74) is 8.50. The van der Waals surface area contributed by atoms with Gasteiger partial charge in [0.15, 0.2) is 0 Å². The van der Waals surface area contributed by atoms with Gasteiger partial charge in [-0.1, -0.05) is 0 Å². The van der Waals surface area contributed by atoms with Crippen LogP contribution in [0.5, 0.6) is 0 Å². The molecule has 86 valence electrons. The Bertz CT molecular complexity index is 119. The molecule has 0 saturated heterocycles. The van der Waals surface area contributed by atoms with Crippen LogP contribution in [0.1, 0.15) is 20.8 Å². The molecule has 0 heterocycles. The average Bonchev–Trinajstić information content (AvgIpc) is 2.04. The van der Waals surface area contributed by atoms with Gasteiger partial charge in [-0.25, -0.2) is 4.79 Å². The number of urea groups is 1. The van der Waals surface area contributed by atoms with Crippen LogP contribution >= 0.6 is 0 Å². The highest BCUT2D eigenvalue weighted by Crippen LogP contribution is 1.90. The molecule has 2 amide bonds. The van der Waals surface area contributed by atoms with Crippen molar-refractivity contribution in [3.05, 3.63) is 0 Å². The van der Waals surface area contributed by atoms with Crippen molar-refractivity contribution in [1.29, 1.82) is 0 Å². The van der Waals surface area contributed by atoms with Crippen LogP contribution in [0, 0.1) is 0 Å². The predicted octanol–water partition coefficient (Wildman–Crippen LogP) is -0.163. The Morgan fingerprint density at radius 1 is 1.00 bits per heavy atom. The topological polar surface area (TPSA) is 96.8 Å². The van der Waals surface area contributed by atoms with Gasteiger partial charge in [-0.05, 0) is 20.8 Å². The smallest absolute Gasteiger partial charge is 0.376 e. The van der Waals surface area contributed by atoms with Crippen LogP contribution in [0.25, 0.3) is 0 Å². The van der Waals surface area contributed by atoms with Gasteiger partial charge in [0.25, 0.3) is 0 Å². The van der Waals surface area contributed by atoms with E-state index in [0.29, 0.717) is 19.8 Å². The fourth-order valence-electron chi connectivity index (χ4n) is 0.553. The second-order valence-electron chi connectivity index (χ2n) is 2.06. The summed E-state index contributed by atoms with van der Waals surface area (Å²) in [7, 11) is -1.73. The van der Waals surface area contributed by atoms with Gasteiger partial charge in [0.1, 0.15) is 0 Å². The van der Waals surface area contributed by atoms with E-state index in [9.17, 15) is 0 Å². The molecule has 0 aliphatic rings. The van der Waals surface area contributed by atoms with Crippen molar-refractivity contribution in [1.82, 2.24) is 0 Å². The maximum Gasteiger partial charge on any atom is 0.484 e. The van der Waals surface area contributed by atoms with Crippen LogP contribution in [-0.2, 0) is 13.3 Å². The third kappa shape index (κ3) is 17.5. The van der Waals surface area contributed by atoms with Crippen molar-refractivity contribution in [3.63, 3.8) is 0 Å². The molecule has 6 nitrogen and oxygen atoms in total. The Balaban J connectivity index is 0. The van der Waals surface area contributed by atoms with E-state index in [0.717, 1.165) is 0 Å². The van der Waals surface area contributed by atoms with Crippen molar-refractivity contribution in [3.8, 4) is 0 Å². The molecule has 7 heteroatoms. The summed E-state index contributed by atoms with van der Waals surface area (Å²) in [5.74, 6) is 0. The van der Waals surface area contributed by atoms with E-state index in [1.54, 1.807) is 0 Å². The minimum absolute atomic E-state index is 0.677. The van der Waals surface area contributed by atoms with Gasteiger partial charge in [0.2, 0.25) is 0 Å². The number of nitrogens with two attached hydrogens (primary N) is 2. The molecule has 0 unspecified atom stereocenters. The molecule has 0 atom stereocenters. The lowest BCUT2D eigenvalue weighted by Gasteiger charge is -2.12. The number of primary amides is 2. The summed E-state index contributed by atoms with van der Waals surface area (Å²) in [6, 6.07) is -0.833. The third-order valence-electron chi connectivity index (χ3n) is 0.908. The van der Waals surface area contributed by atoms with E-state index >= 15 is 0 Å². The Kier molecular flexibility index (Phi) is 14.0. The minimum atomic E-state index is -1.73. The van der Waals surface area contributed by atoms with Crippen molar-refractivity contribution < 1.29 is 18.1 Å². The average molecular weight is 224 g/mol. The molecule has 0 rings (SSSR count). The molecule has 0 spiro atoms. The Hall–Kier alpha value is -0.633. The zero-order valence-electron chi connectivity index (χ0n) is 8.99. The Morgan fingerprint density at radius 3 is 1.36 bits per heavy atom. The van der Waals surface area contributed by atoms with E-state index < -0.39 is 15.6 Å². The highest BCUT2D eigenvalue weighted by molar-refractivity contribution is 6.36. The fraction of sp³-hybridized carbons (Fsp3) is 0.857. The molecule has 0 saturated carbocycles. The van der Waals surface area contributed by atoms with Gasteiger partial charge in [-0.15, -0.1) is 0 Å². The lowest BCUT2D eigenvalue weighted by Crippen LogP contribution is -2.27. The number of amides is 2. The molecular formula is C7H20N2O4Si. The molecule has 0 aliphatic heterocycles. The summed E-state index contributed by atoms with van der Waals surface area (Å²) in [5, 5.41) is 0. The van der Waals surface area contributed by atoms with Gasteiger partial charge in [-0.3, -0.25) is 0 Å². The third-order valence-corrected chi connectivity index (χ3v) is 2.72. The fourth-order valence-corrected chi connectivity index (χ4v) is 1.66. The van der Waals surface area contributed by atoms with Crippen molar-refractivity contribution in [2.75, 3.05) is 19.8 Å². The summed E-state index contributed by atoms with van der Waals surface area (Å²) < 4.78 is 15.7. The molecule has 0 aliphatic carbocycles. The van der Waals surface area contributed by atoms with Crippen LogP contribution < -0.4 is 11.5 Å². The first-order chi connectivity index (χ1) is 6.58. The van der Waals surface area contributed by atoms with E-state index in [1.165, 1.54) is 0 Å². The minimum Gasteiger partial charge on any atom is -0.376 e. The maximum absolute atomic E-state index is 9.00. The lowest BCUT2D eigenvalue weighted by atomic mass is 10.9. The van der Waals surface area contributed by atoms with Crippen molar-refractivity contribution in [2.45, 2.75) is 20.8 Å². The van der Waals surface area contributed by atoms with Gasteiger partial charge >= 0.3 is 15.6 Å². The van der Waals surface area contributed by atoms with Crippen molar-refractivity contribution in [2.24, 2.45) is 11.5 Å². The first kappa shape index (κ1) is 15.8. The van der Waals surface area contributed by atoms with Crippen LogP contribution in [-0.4, -0.2) is 35.4 Å². The highest BCUT2D eigenvalue weighted by Gasteiger charge is 2.11. The van der Waals surface area contributed by atoms with Crippen molar-refractivity contribution >= 4 is 15.6 Å². The van der Waals surface area contributed by atoms with E-state index in [4.69, 9.17) is 18.1 Å². The quantitative estimate of drug-likeness (QED) is 0.612. The summed E-state index contributed by atoms with van der Waals surface area (Å²) >= 11 is 0. The molecule has 0 fully saturated rings. The molecular weight excluding hydrogens is 204 g/mol. The zero-order valence-corrected chi connectivity index (χ0v) is 10.1. The zero-order chi connectivity index (χ0) is 11.4. The Labute approximate surface area is 86.5 Å².